The maximum Gasteiger partial charge on any atom is 0.338 e. The number of nitrogens with one attached hydrogen (secondary N) is 1. The number of methoxy groups -OCH3 is 1. The van der Waals surface area contributed by atoms with Crippen LogP contribution < -0.4 is 9.46 Å². The van der Waals surface area contributed by atoms with Crippen LogP contribution >= 0.6 is 0 Å². The van der Waals surface area contributed by atoms with Crippen LogP contribution in [0.1, 0.15) is 27.6 Å². The Morgan fingerprint density at radius 1 is 1.04 bits per heavy atom. The molecule has 7 nitrogen and oxygen atoms in total. The van der Waals surface area contributed by atoms with Crippen molar-refractivity contribution in [2.24, 2.45) is 0 Å². The van der Waals surface area contributed by atoms with Crippen molar-refractivity contribution in [1.82, 2.24) is 4.72 Å². The predicted molar refractivity (Wildman–Crippen MR) is 94.9 cm³/mol. The lowest BCUT2D eigenvalue weighted by Crippen LogP contribution is -2.23. The van der Waals surface area contributed by atoms with E-state index in [-0.39, 0.29) is 17.0 Å². The molecule has 0 aliphatic rings. The summed E-state index contributed by atoms with van der Waals surface area (Å²) in [5.41, 5.74) is 0.461. The molecule has 0 saturated carbocycles. The summed E-state index contributed by atoms with van der Waals surface area (Å²) in [4.78, 5) is 24.3. The first-order valence-corrected chi connectivity index (χ1v) is 9.30. The Hall–Kier alpha value is -2.71. The highest BCUT2D eigenvalue weighted by Gasteiger charge is 2.17. The molecule has 0 fully saturated rings. The molecular formula is C18H19NO6S. The molecule has 0 aliphatic heterocycles. The SMILES string of the molecule is CCNS(=O)(=O)c1ccc(C(=O)OCC(=O)c2ccccc2OC)cc1. The highest BCUT2D eigenvalue weighted by atomic mass is 32.2. The Labute approximate surface area is 152 Å². The van der Waals surface area contributed by atoms with Gasteiger partial charge >= 0.3 is 5.97 Å². The second-order valence-electron chi connectivity index (χ2n) is 5.23. The number of carbonyl (C=O) groups is 2. The van der Waals surface area contributed by atoms with Gasteiger partial charge in [-0.2, -0.15) is 0 Å². The van der Waals surface area contributed by atoms with Gasteiger partial charge in [-0.1, -0.05) is 19.1 Å². The highest BCUT2D eigenvalue weighted by Crippen LogP contribution is 2.18. The van der Waals surface area contributed by atoms with Crippen molar-refractivity contribution in [2.75, 3.05) is 20.3 Å². The first-order valence-electron chi connectivity index (χ1n) is 7.82. The van der Waals surface area contributed by atoms with Crippen LogP contribution in [0, 0.1) is 0 Å². The molecule has 0 unspecified atom stereocenters. The fraction of sp³-hybridized carbons (Fsp3) is 0.222. The topological polar surface area (TPSA) is 98.8 Å². The Balaban J connectivity index is 2.03. The zero-order chi connectivity index (χ0) is 19.2. The van der Waals surface area contributed by atoms with Crippen molar-refractivity contribution in [1.29, 1.82) is 0 Å². The monoisotopic (exact) mass is 377 g/mol. The van der Waals surface area contributed by atoms with E-state index >= 15 is 0 Å². The van der Waals surface area contributed by atoms with Gasteiger partial charge in [0.05, 0.1) is 23.1 Å². The summed E-state index contributed by atoms with van der Waals surface area (Å²) in [6, 6.07) is 11.9. The number of Topliss-reactive ketones (excluding diaryl/α,β-unsaturated/α-hetero) is 1. The van der Waals surface area contributed by atoms with E-state index in [1.165, 1.54) is 31.4 Å². The molecule has 1 N–H and O–H groups in total. The van der Waals surface area contributed by atoms with Crippen LogP contribution in [0.2, 0.25) is 0 Å². The highest BCUT2D eigenvalue weighted by molar-refractivity contribution is 7.89. The van der Waals surface area contributed by atoms with Gasteiger partial charge in [-0.15, -0.1) is 0 Å². The third-order valence-corrected chi connectivity index (χ3v) is 5.04. The van der Waals surface area contributed by atoms with Gasteiger partial charge in [0.15, 0.2) is 6.61 Å². The molecule has 0 radical (unpaired) electrons. The number of sulfonamides is 1. The van der Waals surface area contributed by atoms with Crippen molar-refractivity contribution in [2.45, 2.75) is 11.8 Å². The van der Waals surface area contributed by atoms with Crippen molar-refractivity contribution >= 4 is 21.8 Å². The molecular weight excluding hydrogens is 358 g/mol. The largest absolute Gasteiger partial charge is 0.496 e. The van der Waals surface area contributed by atoms with Crippen molar-refractivity contribution < 1.29 is 27.5 Å². The summed E-state index contributed by atoms with van der Waals surface area (Å²) in [6.07, 6.45) is 0. The van der Waals surface area contributed by atoms with Gasteiger partial charge in [-0.3, -0.25) is 4.79 Å². The summed E-state index contributed by atoms with van der Waals surface area (Å²) in [6.45, 7) is 1.48. The van der Waals surface area contributed by atoms with E-state index in [1.807, 2.05) is 0 Å². The number of benzene rings is 2. The van der Waals surface area contributed by atoms with Crippen molar-refractivity contribution in [3.63, 3.8) is 0 Å². The summed E-state index contributed by atoms with van der Waals surface area (Å²) in [7, 11) is -2.15. The molecule has 8 heteroatoms. The minimum atomic E-state index is -3.59. The fourth-order valence-corrected chi connectivity index (χ4v) is 3.25. The second kappa shape index (κ2) is 8.59. The van der Waals surface area contributed by atoms with E-state index in [0.29, 0.717) is 11.3 Å². The molecule has 0 heterocycles. The van der Waals surface area contributed by atoms with E-state index in [2.05, 4.69) is 4.72 Å². The molecule has 2 aromatic carbocycles. The molecule has 0 spiro atoms. The van der Waals surface area contributed by atoms with Gasteiger partial charge in [0.1, 0.15) is 5.75 Å². The van der Waals surface area contributed by atoms with Crippen LogP contribution in [-0.2, 0) is 14.8 Å². The summed E-state index contributed by atoms with van der Waals surface area (Å²) >= 11 is 0. The third kappa shape index (κ3) is 4.68. The standard InChI is InChI=1S/C18H19NO6S/c1-3-19-26(22,23)14-10-8-13(9-11-14)18(21)25-12-16(20)15-6-4-5-7-17(15)24-2/h4-11,19H,3,12H2,1-2H3. The Bertz CT molecular complexity index is 890. The van der Waals surface area contributed by atoms with Gasteiger partial charge in [-0.25, -0.2) is 17.9 Å². The van der Waals surface area contributed by atoms with E-state index < -0.39 is 28.4 Å². The predicted octanol–water partition coefficient (Wildman–Crippen LogP) is 2.03. The summed E-state index contributed by atoms with van der Waals surface area (Å²) < 4.78 is 36.2. The normalized spacial score (nSPS) is 11.0. The smallest absolute Gasteiger partial charge is 0.338 e. The van der Waals surface area contributed by atoms with Gasteiger partial charge in [-0.05, 0) is 36.4 Å². The average Bonchev–Trinajstić information content (AvgIpc) is 2.65. The molecule has 0 bridgehead atoms. The van der Waals surface area contributed by atoms with Crippen LogP contribution in [0.5, 0.6) is 5.75 Å². The first kappa shape index (κ1) is 19.6. The number of hydrogen-bond acceptors (Lipinski definition) is 6. The van der Waals surface area contributed by atoms with E-state index in [4.69, 9.17) is 9.47 Å². The average molecular weight is 377 g/mol. The van der Waals surface area contributed by atoms with Crippen LogP contribution in [0.3, 0.4) is 0 Å². The van der Waals surface area contributed by atoms with E-state index in [9.17, 15) is 18.0 Å². The lowest BCUT2D eigenvalue weighted by molar-refractivity contribution is 0.0474. The van der Waals surface area contributed by atoms with Crippen LogP contribution in [0.25, 0.3) is 0 Å². The van der Waals surface area contributed by atoms with Gasteiger partial charge < -0.3 is 9.47 Å². The zero-order valence-corrected chi connectivity index (χ0v) is 15.2. The molecule has 0 atom stereocenters. The Kier molecular flexibility index (Phi) is 6.48. The zero-order valence-electron chi connectivity index (χ0n) is 14.4. The lowest BCUT2D eigenvalue weighted by atomic mass is 10.1. The number of para-hydroxylation sites is 1. The molecule has 2 aromatic rings. The molecule has 2 rings (SSSR count). The maximum atomic E-state index is 12.2. The summed E-state index contributed by atoms with van der Waals surface area (Å²) in [5, 5.41) is 0. The second-order valence-corrected chi connectivity index (χ2v) is 6.99. The van der Waals surface area contributed by atoms with Crippen LogP contribution in [0.15, 0.2) is 53.4 Å². The third-order valence-electron chi connectivity index (χ3n) is 3.48. The van der Waals surface area contributed by atoms with Crippen LogP contribution in [-0.4, -0.2) is 40.4 Å². The fourth-order valence-electron chi connectivity index (χ4n) is 2.21. The first-order chi connectivity index (χ1) is 12.4. The molecule has 26 heavy (non-hydrogen) atoms. The van der Waals surface area contributed by atoms with Gasteiger partial charge in [0, 0.05) is 6.54 Å². The summed E-state index contributed by atoms with van der Waals surface area (Å²) in [5.74, 6) is -0.727. The number of hydrogen-bond donors (Lipinski definition) is 1. The maximum absolute atomic E-state index is 12.2. The van der Waals surface area contributed by atoms with E-state index in [0.717, 1.165) is 0 Å². The number of carbonyl (C=O) groups excluding carboxylic acids is 2. The van der Waals surface area contributed by atoms with Crippen LogP contribution in [0.4, 0.5) is 0 Å². The number of ketones is 1. The van der Waals surface area contributed by atoms with E-state index in [1.54, 1.807) is 31.2 Å². The lowest BCUT2D eigenvalue weighted by Gasteiger charge is -2.08. The number of rotatable bonds is 8. The molecule has 0 aliphatic carbocycles. The number of esters is 1. The molecule has 138 valence electrons. The van der Waals surface area contributed by atoms with Gasteiger partial charge in [0.25, 0.3) is 0 Å². The number of ether oxygens (including phenoxy) is 2. The van der Waals surface area contributed by atoms with Crippen molar-refractivity contribution in [3.8, 4) is 5.75 Å². The minimum Gasteiger partial charge on any atom is -0.496 e. The Morgan fingerprint density at radius 3 is 2.31 bits per heavy atom. The molecule has 0 saturated heterocycles. The molecule has 0 amide bonds. The quantitative estimate of drug-likeness (QED) is 0.558. The molecule has 0 aromatic heterocycles. The van der Waals surface area contributed by atoms with Crippen molar-refractivity contribution in [3.05, 3.63) is 59.7 Å². The minimum absolute atomic E-state index is 0.0426. The Morgan fingerprint density at radius 2 is 1.69 bits per heavy atom. The van der Waals surface area contributed by atoms with Gasteiger partial charge in [0.2, 0.25) is 15.8 Å².